The number of benzene rings is 2. The summed E-state index contributed by atoms with van der Waals surface area (Å²) in [6.45, 7) is 3.38. The van der Waals surface area contributed by atoms with E-state index in [-0.39, 0.29) is 11.9 Å². The van der Waals surface area contributed by atoms with Crippen molar-refractivity contribution in [1.29, 1.82) is 0 Å². The summed E-state index contributed by atoms with van der Waals surface area (Å²) in [5, 5.41) is 14.0. The molecule has 1 atom stereocenters. The number of fused-ring (bicyclic) bond motifs is 2. The smallest absolute Gasteiger partial charge is 0.240 e. The fourth-order valence-corrected chi connectivity index (χ4v) is 3.61. The molecule has 0 saturated carbocycles. The van der Waals surface area contributed by atoms with Crippen molar-refractivity contribution in [2.24, 2.45) is 5.73 Å². The van der Waals surface area contributed by atoms with E-state index in [1.54, 1.807) is 13.8 Å². The fourth-order valence-electron chi connectivity index (χ4n) is 3.27. The molecule has 0 aliphatic carbocycles. The average molecular weight is 452 g/mol. The van der Waals surface area contributed by atoms with Gasteiger partial charge in [0.15, 0.2) is 11.5 Å². The topological polar surface area (TPSA) is 85.3 Å². The van der Waals surface area contributed by atoms with Crippen LogP contribution in [0.2, 0.25) is 0 Å². The zero-order chi connectivity index (χ0) is 20.6. The molecule has 0 bridgehead atoms. The molecular formula is C22H22BrN5O. The summed E-state index contributed by atoms with van der Waals surface area (Å²) in [6, 6.07) is 17.9. The Bertz CT molecular complexity index is 1190. The van der Waals surface area contributed by atoms with Gasteiger partial charge in [0.05, 0.1) is 11.6 Å². The van der Waals surface area contributed by atoms with Crippen molar-refractivity contribution < 1.29 is 4.79 Å². The molecule has 0 spiro atoms. The van der Waals surface area contributed by atoms with E-state index in [0.29, 0.717) is 17.9 Å². The molecule has 0 fully saturated rings. The summed E-state index contributed by atoms with van der Waals surface area (Å²) < 4.78 is 2.79. The summed E-state index contributed by atoms with van der Waals surface area (Å²) in [4.78, 5) is 12.7. The molecule has 148 valence electrons. The molecular weight excluding hydrogens is 430 g/mol. The lowest BCUT2D eigenvalue weighted by Gasteiger charge is -2.23. The molecule has 0 aliphatic rings. The van der Waals surface area contributed by atoms with Crippen LogP contribution in [0.4, 0.5) is 0 Å². The van der Waals surface area contributed by atoms with E-state index in [2.05, 4.69) is 61.8 Å². The van der Waals surface area contributed by atoms with Crippen LogP contribution < -0.4 is 11.1 Å². The Morgan fingerprint density at radius 2 is 1.90 bits per heavy atom. The number of hydrogen-bond acceptors (Lipinski definition) is 4. The number of pyridine rings is 1. The third-order valence-corrected chi connectivity index (χ3v) is 5.32. The first-order valence-electron chi connectivity index (χ1n) is 9.39. The van der Waals surface area contributed by atoms with Crippen LogP contribution in [0.1, 0.15) is 31.3 Å². The van der Waals surface area contributed by atoms with Gasteiger partial charge in [0.25, 0.3) is 0 Å². The number of hydrogen-bond donors (Lipinski definition) is 2. The monoisotopic (exact) mass is 451 g/mol. The first kappa shape index (κ1) is 19.5. The SMILES string of the molecule is CC(C)(N)C(=O)N[C@H](Cc1ccc2ccccc2c1)c1nnc2ccc(Br)cn12. The van der Waals surface area contributed by atoms with Gasteiger partial charge >= 0.3 is 0 Å². The van der Waals surface area contributed by atoms with Gasteiger partial charge in [-0.15, -0.1) is 10.2 Å². The molecule has 7 heteroatoms. The second-order valence-electron chi connectivity index (χ2n) is 7.77. The van der Waals surface area contributed by atoms with Crippen molar-refractivity contribution in [3.05, 3.63) is 76.7 Å². The number of amides is 1. The Morgan fingerprint density at radius 1 is 1.14 bits per heavy atom. The number of aromatic nitrogens is 3. The molecule has 29 heavy (non-hydrogen) atoms. The van der Waals surface area contributed by atoms with Gasteiger partial charge in [-0.05, 0) is 64.7 Å². The number of halogens is 1. The fraction of sp³-hybridized carbons (Fsp3) is 0.227. The van der Waals surface area contributed by atoms with E-state index in [9.17, 15) is 4.79 Å². The van der Waals surface area contributed by atoms with Crippen LogP contribution in [-0.2, 0) is 11.2 Å². The van der Waals surface area contributed by atoms with Crippen LogP contribution in [0.15, 0.2) is 65.3 Å². The Hall–Kier alpha value is -2.77. The number of carbonyl (C=O) groups is 1. The molecule has 0 saturated heterocycles. The van der Waals surface area contributed by atoms with Gasteiger partial charge in [-0.3, -0.25) is 9.20 Å². The summed E-state index contributed by atoms with van der Waals surface area (Å²) >= 11 is 3.49. The summed E-state index contributed by atoms with van der Waals surface area (Å²) in [5.74, 6) is 0.419. The molecule has 3 N–H and O–H groups in total. The van der Waals surface area contributed by atoms with Gasteiger partial charge in [-0.2, -0.15) is 0 Å². The number of nitrogens with two attached hydrogens (primary N) is 1. The largest absolute Gasteiger partial charge is 0.344 e. The van der Waals surface area contributed by atoms with Crippen molar-refractivity contribution in [3.8, 4) is 0 Å². The normalized spacial score (nSPS) is 13.0. The third-order valence-electron chi connectivity index (χ3n) is 4.85. The highest BCUT2D eigenvalue weighted by atomic mass is 79.9. The highest BCUT2D eigenvalue weighted by molar-refractivity contribution is 9.10. The Kier molecular flexibility index (Phi) is 5.10. The quantitative estimate of drug-likeness (QED) is 0.483. The van der Waals surface area contributed by atoms with Gasteiger partial charge < -0.3 is 11.1 Å². The molecule has 2 heterocycles. The van der Waals surface area contributed by atoms with E-state index in [1.807, 2.05) is 34.9 Å². The first-order valence-corrected chi connectivity index (χ1v) is 10.2. The van der Waals surface area contributed by atoms with Gasteiger partial charge in [0, 0.05) is 10.7 Å². The van der Waals surface area contributed by atoms with Crippen LogP contribution in [0.25, 0.3) is 16.4 Å². The summed E-state index contributed by atoms with van der Waals surface area (Å²) in [6.07, 6.45) is 2.47. The van der Waals surface area contributed by atoms with Crippen molar-refractivity contribution in [2.75, 3.05) is 0 Å². The minimum Gasteiger partial charge on any atom is -0.344 e. The average Bonchev–Trinajstić information content (AvgIpc) is 3.09. The minimum atomic E-state index is -0.997. The molecule has 1 amide bonds. The number of nitrogens with zero attached hydrogens (tertiary/aromatic N) is 3. The van der Waals surface area contributed by atoms with E-state index >= 15 is 0 Å². The van der Waals surface area contributed by atoms with Crippen LogP contribution in [0.3, 0.4) is 0 Å². The van der Waals surface area contributed by atoms with E-state index in [1.165, 1.54) is 5.39 Å². The van der Waals surface area contributed by atoms with E-state index < -0.39 is 5.54 Å². The summed E-state index contributed by atoms with van der Waals surface area (Å²) in [7, 11) is 0. The highest BCUT2D eigenvalue weighted by Gasteiger charge is 2.28. The predicted molar refractivity (Wildman–Crippen MR) is 117 cm³/mol. The van der Waals surface area contributed by atoms with E-state index in [0.717, 1.165) is 15.4 Å². The third kappa shape index (κ3) is 4.16. The van der Waals surface area contributed by atoms with E-state index in [4.69, 9.17) is 5.73 Å². The lowest BCUT2D eigenvalue weighted by molar-refractivity contribution is -0.126. The Labute approximate surface area is 177 Å². The molecule has 6 nitrogen and oxygen atoms in total. The molecule has 0 aliphatic heterocycles. The lowest BCUT2D eigenvalue weighted by atomic mass is 9.99. The second kappa shape index (κ2) is 7.57. The van der Waals surface area contributed by atoms with Crippen LogP contribution in [0.5, 0.6) is 0 Å². The van der Waals surface area contributed by atoms with Crippen molar-refractivity contribution in [3.63, 3.8) is 0 Å². The zero-order valence-electron chi connectivity index (χ0n) is 16.3. The van der Waals surface area contributed by atoms with Gasteiger partial charge in [0.2, 0.25) is 5.91 Å². The molecule has 2 aromatic heterocycles. The maximum Gasteiger partial charge on any atom is 0.240 e. The maximum absolute atomic E-state index is 12.7. The predicted octanol–water partition coefficient (Wildman–Crippen LogP) is 3.78. The molecule has 0 unspecified atom stereocenters. The number of rotatable bonds is 5. The lowest BCUT2D eigenvalue weighted by Crippen LogP contribution is -2.50. The Balaban J connectivity index is 1.74. The Morgan fingerprint density at radius 3 is 2.66 bits per heavy atom. The molecule has 0 radical (unpaired) electrons. The van der Waals surface area contributed by atoms with Crippen LogP contribution >= 0.6 is 15.9 Å². The van der Waals surface area contributed by atoms with Gasteiger partial charge in [-0.25, -0.2) is 0 Å². The number of nitrogens with one attached hydrogen (secondary N) is 1. The zero-order valence-corrected chi connectivity index (χ0v) is 17.8. The number of carbonyl (C=O) groups excluding carboxylic acids is 1. The van der Waals surface area contributed by atoms with Crippen molar-refractivity contribution in [2.45, 2.75) is 31.8 Å². The molecule has 4 aromatic rings. The first-order chi connectivity index (χ1) is 13.8. The molecule has 4 rings (SSSR count). The summed E-state index contributed by atoms with van der Waals surface area (Å²) in [5.41, 5.74) is 6.83. The van der Waals surface area contributed by atoms with Gasteiger partial charge in [0.1, 0.15) is 0 Å². The second-order valence-corrected chi connectivity index (χ2v) is 8.68. The van der Waals surface area contributed by atoms with Crippen LogP contribution in [-0.4, -0.2) is 26.0 Å². The highest BCUT2D eigenvalue weighted by Crippen LogP contribution is 2.23. The maximum atomic E-state index is 12.7. The minimum absolute atomic E-state index is 0.241. The van der Waals surface area contributed by atoms with Crippen LogP contribution in [0, 0.1) is 0 Å². The van der Waals surface area contributed by atoms with Crippen molar-refractivity contribution in [1.82, 2.24) is 19.9 Å². The van der Waals surface area contributed by atoms with Gasteiger partial charge in [-0.1, -0.05) is 42.5 Å². The molecule has 2 aromatic carbocycles. The standard InChI is InChI=1S/C22H22BrN5O/c1-22(2,24)21(29)25-18(20-27-26-19-10-9-17(23)13-28(19)20)12-14-7-8-15-5-3-4-6-16(15)11-14/h3-11,13,18H,12,24H2,1-2H3,(H,25,29)/t18-/m1/s1. The van der Waals surface area contributed by atoms with Crippen molar-refractivity contribution >= 4 is 38.3 Å².